The maximum Gasteiger partial charge on any atom is 0.201 e. The molecule has 3 rings (SSSR count). The molecule has 1 aliphatic carbocycles. The van der Waals surface area contributed by atoms with E-state index < -0.39 is 5.82 Å². The molecule has 0 radical (unpaired) electrons. The normalized spacial score (nSPS) is 16.3. The van der Waals surface area contributed by atoms with E-state index in [-0.39, 0.29) is 5.02 Å². The van der Waals surface area contributed by atoms with Crippen LogP contribution >= 0.6 is 11.6 Å². The monoisotopic (exact) mass is 297 g/mol. The van der Waals surface area contributed by atoms with E-state index >= 15 is 0 Å². The number of ether oxygens (including phenoxy) is 1. The average Bonchev–Trinajstić information content (AvgIpc) is 3.01. The average molecular weight is 298 g/mol. The summed E-state index contributed by atoms with van der Waals surface area (Å²) in [4.78, 5) is 4.20. The Balaban J connectivity index is 1.76. The molecule has 1 fully saturated rings. The Morgan fingerprint density at radius 3 is 2.90 bits per heavy atom. The molecular formula is C14H17ClFN3O. The first kappa shape index (κ1) is 13.6. The van der Waals surface area contributed by atoms with Crippen LogP contribution in [0.2, 0.25) is 5.02 Å². The van der Waals surface area contributed by atoms with Crippen molar-refractivity contribution in [1.29, 1.82) is 0 Å². The lowest BCUT2D eigenvalue weighted by atomic mass is 10.3. The van der Waals surface area contributed by atoms with Crippen molar-refractivity contribution in [2.24, 2.45) is 0 Å². The van der Waals surface area contributed by atoms with Crippen molar-refractivity contribution in [2.75, 3.05) is 12.3 Å². The lowest BCUT2D eigenvalue weighted by Gasteiger charge is -2.12. The summed E-state index contributed by atoms with van der Waals surface area (Å²) in [6.45, 7) is 1.13. The molecule has 0 bridgehead atoms. The van der Waals surface area contributed by atoms with Gasteiger partial charge in [-0.05, 0) is 18.9 Å². The zero-order chi connectivity index (χ0) is 14.1. The molecule has 0 saturated heterocycles. The van der Waals surface area contributed by atoms with Crippen molar-refractivity contribution in [1.82, 2.24) is 9.55 Å². The number of fused-ring (bicyclic) bond motifs is 1. The fraction of sp³-hybridized carbons (Fsp3) is 0.500. The number of nitrogens with two attached hydrogens (primary N) is 1. The molecule has 0 spiro atoms. The maximum atomic E-state index is 13.6. The summed E-state index contributed by atoms with van der Waals surface area (Å²) in [5.74, 6) is -0.103. The quantitative estimate of drug-likeness (QED) is 0.941. The topological polar surface area (TPSA) is 53.1 Å². The Bertz CT molecular complexity index is 622. The Morgan fingerprint density at radius 1 is 1.40 bits per heavy atom. The van der Waals surface area contributed by atoms with Crippen LogP contribution in [-0.4, -0.2) is 22.3 Å². The van der Waals surface area contributed by atoms with Gasteiger partial charge in [-0.15, -0.1) is 0 Å². The minimum absolute atomic E-state index is 0.0596. The number of nitrogen functional groups attached to an aromatic ring is 1. The summed E-state index contributed by atoms with van der Waals surface area (Å²) >= 11 is 5.75. The molecule has 2 N–H and O–H groups in total. The van der Waals surface area contributed by atoms with Crippen molar-refractivity contribution in [3.63, 3.8) is 0 Å². The van der Waals surface area contributed by atoms with Gasteiger partial charge >= 0.3 is 0 Å². The number of hydrogen-bond donors (Lipinski definition) is 1. The van der Waals surface area contributed by atoms with Crippen molar-refractivity contribution in [2.45, 2.75) is 38.3 Å². The molecule has 4 nitrogen and oxygen atoms in total. The van der Waals surface area contributed by atoms with E-state index in [2.05, 4.69) is 4.98 Å². The summed E-state index contributed by atoms with van der Waals surface area (Å²) in [6.07, 6.45) is 5.10. The minimum atomic E-state index is -0.461. The third kappa shape index (κ3) is 2.60. The first-order valence-corrected chi connectivity index (χ1v) is 7.25. The van der Waals surface area contributed by atoms with Gasteiger partial charge in [-0.2, -0.15) is 0 Å². The van der Waals surface area contributed by atoms with Crippen LogP contribution < -0.4 is 5.73 Å². The van der Waals surface area contributed by atoms with E-state index in [1.54, 1.807) is 4.57 Å². The van der Waals surface area contributed by atoms with Crippen LogP contribution in [0.4, 0.5) is 10.3 Å². The molecule has 1 heterocycles. The van der Waals surface area contributed by atoms with Crippen molar-refractivity contribution in [3.05, 3.63) is 23.0 Å². The number of halogens is 2. The fourth-order valence-electron chi connectivity index (χ4n) is 2.74. The predicted molar refractivity (Wildman–Crippen MR) is 77.3 cm³/mol. The van der Waals surface area contributed by atoms with Gasteiger partial charge in [-0.3, -0.25) is 0 Å². The van der Waals surface area contributed by atoms with Gasteiger partial charge in [-0.25, -0.2) is 9.37 Å². The van der Waals surface area contributed by atoms with Gasteiger partial charge in [0, 0.05) is 12.6 Å². The first-order valence-electron chi connectivity index (χ1n) is 6.87. The van der Waals surface area contributed by atoms with Crippen molar-refractivity contribution < 1.29 is 9.13 Å². The lowest BCUT2D eigenvalue weighted by molar-refractivity contribution is 0.0537. The number of anilines is 1. The highest BCUT2D eigenvalue weighted by molar-refractivity contribution is 6.31. The third-order valence-corrected chi connectivity index (χ3v) is 4.08. The highest BCUT2D eigenvalue weighted by atomic mass is 35.5. The summed E-state index contributed by atoms with van der Waals surface area (Å²) in [6, 6.07) is 2.87. The summed E-state index contributed by atoms with van der Waals surface area (Å²) in [7, 11) is 0. The summed E-state index contributed by atoms with van der Waals surface area (Å²) < 4.78 is 21.1. The standard InChI is InChI=1S/C14H17ClFN3O/c15-10-7-12-13(8-11(10)16)19(14(17)18-12)5-6-20-9-3-1-2-4-9/h7-9H,1-6H2,(H2,17,18). The van der Waals surface area contributed by atoms with Crippen molar-refractivity contribution in [3.8, 4) is 0 Å². The molecule has 0 unspecified atom stereocenters. The number of imidazole rings is 1. The van der Waals surface area contributed by atoms with E-state index in [0.29, 0.717) is 36.2 Å². The molecule has 1 aromatic carbocycles. The number of benzene rings is 1. The molecule has 108 valence electrons. The number of hydrogen-bond acceptors (Lipinski definition) is 3. The molecule has 1 aromatic heterocycles. The largest absolute Gasteiger partial charge is 0.376 e. The summed E-state index contributed by atoms with van der Waals surface area (Å²) in [5, 5.41) is 0.0596. The molecule has 1 aliphatic rings. The van der Waals surface area contributed by atoms with E-state index in [1.807, 2.05) is 0 Å². The number of nitrogens with zero attached hydrogens (tertiary/aromatic N) is 2. The van der Waals surface area contributed by atoms with E-state index in [1.165, 1.54) is 25.0 Å². The van der Waals surface area contributed by atoms with Crippen LogP contribution in [0.15, 0.2) is 12.1 Å². The van der Waals surface area contributed by atoms with Crippen LogP contribution in [0.1, 0.15) is 25.7 Å². The highest BCUT2D eigenvalue weighted by Gasteiger charge is 2.16. The molecule has 2 aromatic rings. The Labute approximate surface area is 121 Å². The second-order valence-corrected chi connectivity index (χ2v) is 5.56. The Morgan fingerprint density at radius 2 is 2.15 bits per heavy atom. The van der Waals surface area contributed by atoms with Crippen LogP contribution in [0.3, 0.4) is 0 Å². The highest BCUT2D eigenvalue weighted by Crippen LogP contribution is 2.25. The Hall–Kier alpha value is -1.33. The van der Waals surface area contributed by atoms with E-state index in [9.17, 15) is 4.39 Å². The SMILES string of the molecule is Nc1nc2cc(Cl)c(F)cc2n1CCOC1CCCC1. The van der Waals surface area contributed by atoms with Crippen LogP contribution in [0.25, 0.3) is 11.0 Å². The van der Waals surface area contributed by atoms with Crippen LogP contribution in [0.5, 0.6) is 0 Å². The predicted octanol–water partition coefficient (Wildman–Crippen LogP) is 3.37. The van der Waals surface area contributed by atoms with Gasteiger partial charge in [0.1, 0.15) is 5.82 Å². The van der Waals surface area contributed by atoms with E-state index in [0.717, 1.165) is 12.8 Å². The molecule has 0 amide bonds. The number of aromatic nitrogens is 2. The van der Waals surface area contributed by atoms with Crippen LogP contribution in [0, 0.1) is 5.82 Å². The van der Waals surface area contributed by atoms with Gasteiger partial charge < -0.3 is 15.0 Å². The maximum absolute atomic E-state index is 13.6. The molecule has 6 heteroatoms. The fourth-order valence-corrected chi connectivity index (χ4v) is 2.90. The molecular weight excluding hydrogens is 281 g/mol. The zero-order valence-corrected chi connectivity index (χ0v) is 11.9. The zero-order valence-electron chi connectivity index (χ0n) is 11.1. The minimum Gasteiger partial charge on any atom is -0.376 e. The molecule has 0 aliphatic heterocycles. The van der Waals surface area contributed by atoms with Gasteiger partial charge in [-0.1, -0.05) is 24.4 Å². The van der Waals surface area contributed by atoms with Gasteiger partial charge in [0.2, 0.25) is 5.95 Å². The molecule has 20 heavy (non-hydrogen) atoms. The Kier molecular flexibility index (Phi) is 3.81. The molecule has 0 atom stereocenters. The second kappa shape index (κ2) is 5.58. The van der Waals surface area contributed by atoms with Crippen LogP contribution in [-0.2, 0) is 11.3 Å². The van der Waals surface area contributed by atoms with E-state index in [4.69, 9.17) is 22.1 Å². The van der Waals surface area contributed by atoms with Crippen molar-refractivity contribution >= 4 is 28.6 Å². The van der Waals surface area contributed by atoms with Gasteiger partial charge in [0.05, 0.1) is 28.8 Å². The van der Waals surface area contributed by atoms with Gasteiger partial charge in [0.25, 0.3) is 0 Å². The third-order valence-electron chi connectivity index (χ3n) is 3.79. The smallest absolute Gasteiger partial charge is 0.201 e. The van der Waals surface area contributed by atoms with Gasteiger partial charge in [0.15, 0.2) is 0 Å². The molecule has 1 saturated carbocycles. The number of rotatable bonds is 4. The lowest BCUT2D eigenvalue weighted by Crippen LogP contribution is -2.14. The summed E-state index contributed by atoms with van der Waals surface area (Å²) in [5.41, 5.74) is 7.14. The second-order valence-electron chi connectivity index (χ2n) is 5.15. The first-order chi connectivity index (χ1) is 9.65.